The first kappa shape index (κ1) is 16.5. The maximum atomic E-state index is 12.0. The van der Waals surface area contributed by atoms with Crippen molar-refractivity contribution in [3.05, 3.63) is 28.2 Å². The molecular formula is C14H19BrN2O3. The van der Waals surface area contributed by atoms with Crippen molar-refractivity contribution in [3.8, 4) is 0 Å². The van der Waals surface area contributed by atoms with E-state index in [0.717, 1.165) is 6.42 Å². The normalized spacial score (nSPS) is 11.8. The van der Waals surface area contributed by atoms with E-state index in [1.54, 1.807) is 18.0 Å². The van der Waals surface area contributed by atoms with Gasteiger partial charge < -0.3 is 15.3 Å². The van der Waals surface area contributed by atoms with Crippen LogP contribution in [-0.2, 0) is 0 Å². The van der Waals surface area contributed by atoms with Crippen LogP contribution in [-0.4, -0.2) is 35.6 Å². The van der Waals surface area contributed by atoms with Gasteiger partial charge >= 0.3 is 12.0 Å². The third-order valence-electron chi connectivity index (χ3n) is 3.08. The summed E-state index contributed by atoms with van der Waals surface area (Å²) in [5, 5.41) is 11.7. The largest absolute Gasteiger partial charge is 0.478 e. The molecule has 0 radical (unpaired) electrons. The van der Waals surface area contributed by atoms with Crippen molar-refractivity contribution in [2.75, 3.05) is 18.9 Å². The third kappa shape index (κ3) is 4.52. The molecule has 2 amide bonds. The molecule has 1 aromatic rings. The number of carbonyl (C=O) groups excluding carboxylic acids is 1. The first-order chi connectivity index (χ1) is 9.35. The lowest BCUT2D eigenvalue weighted by Gasteiger charge is -2.21. The molecule has 2 N–H and O–H groups in total. The Labute approximate surface area is 127 Å². The fraction of sp³-hybridized carbons (Fsp3) is 0.429. The number of hydrogen-bond acceptors (Lipinski definition) is 2. The molecule has 0 saturated heterocycles. The standard InChI is InChI=1S/C14H19BrN2O3/c1-4-9(2)8-17(3)14(20)16-12-7-10(13(18)19)5-6-11(12)15/h5-7,9H,4,8H2,1-3H3,(H,16,20)(H,18,19). The average molecular weight is 343 g/mol. The summed E-state index contributed by atoms with van der Waals surface area (Å²) in [5.74, 6) is -0.611. The first-order valence-electron chi connectivity index (χ1n) is 6.40. The van der Waals surface area contributed by atoms with E-state index in [4.69, 9.17) is 5.11 Å². The van der Waals surface area contributed by atoms with Gasteiger partial charge in [0.05, 0.1) is 11.3 Å². The van der Waals surface area contributed by atoms with Crippen LogP contribution in [0.5, 0.6) is 0 Å². The fourth-order valence-corrected chi connectivity index (χ4v) is 1.99. The van der Waals surface area contributed by atoms with E-state index >= 15 is 0 Å². The highest BCUT2D eigenvalue weighted by Gasteiger charge is 2.14. The van der Waals surface area contributed by atoms with E-state index in [9.17, 15) is 9.59 Å². The summed E-state index contributed by atoms with van der Waals surface area (Å²) >= 11 is 3.30. The van der Waals surface area contributed by atoms with Gasteiger partial charge in [-0.2, -0.15) is 0 Å². The van der Waals surface area contributed by atoms with Crippen LogP contribution in [0.3, 0.4) is 0 Å². The number of amides is 2. The molecule has 0 aromatic heterocycles. The topological polar surface area (TPSA) is 69.6 Å². The van der Waals surface area contributed by atoms with E-state index in [-0.39, 0.29) is 11.6 Å². The molecule has 0 bridgehead atoms. The Morgan fingerprint density at radius 1 is 1.45 bits per heavy atom. The molecule has 20 heavy (non-hydrogen) atoms. The van der Waals surface area contributed by atoms with Crippen LogP contribution in [0.4, 0.5) is 10.5 Å². The van der Waals surface area contributed by atoms with Crippen molar-refractivity contribution in [1.29, 1.82) is 0 Å². The van der Waals surface area contributed by atoms with Gasteiger partial charge in [-0.15, -0.1) is 0 Å². The number of nitrogens with zero attached hydrogens (tertiary/aromatic N) is 1. The van der Waals surface area contributed by atoms with Crippen LogP contribution < -0.4 is 5.32 Å². The molecule has 0 aliphatic rings. The van der Waals surface area contributed by atoms with Gasteiger partial charge in [-0.25, -0.2) is 9.59 Å². The van der Waals surface area contributed by atoms with E-state index in [1.807, 2.05) is 0 Å². The SMILES string of the molecule is CCC(C)CN(C)C(=O)Nc1cc(C(=O)O)ccc1Br. The van der Waals surface area contributed by atoms with E-state index in [0.29, 0.717) is 22.6 Å². The second-order valence-corrected chi connectivity index (χ2v) is 5.68. The Balaban J connectivity index is 2.79. The number of benzene rings is 1. The van der Waals surface area contributed by atoms with Crippen molar-refractivity contribution in [2.24, 2.45) is 5.92 Å². The minimum absolute atomic E-state index is 0.132. The van der Waals surface area contributed by atoms with Gasteiger partial charge in [0.2, 0.25) is 0 Å². The number of anilines is 1. The summed E-state index contributed by atoms with van der Waals surface area (Å²) in [5.41, 5.74) is 0.582. The summed E-state index contributed by atoms with van der Waals surface area (Å²) in [7, 11) is 1.72. The second-order valence-electron chi connectivity index (χ2n) is 4.82. The third-order valence-corrected chi connectivity index (χ3v) is 3.78. The second kappa shape index (κ2) is 7.28. The molecule has 0 saturated carbocycles. The number of hydrogen-bond donors (Lipinski definition) is 2. The van der Waals surface area contributed by atoms with Gasteiger partial charge in [0, 0.05) is 18.1 Å². The monoisotopic (exact) mass is 342 g/mol. The number of rotatable bonds is 5. The highest BCUT2D eigenvalue weighted by molar-refractivity contribution is 9.10. The van der Waals surface area contributed by atoms with Crippen LogP contribution in [0.15, 0.2) is 22.7 Å². The average Bonchev–Trinajstić information content (AvgIpc) is 2.40. The number of nitrogens with one attached hydrogen (secondary N) is 1. The lowest BCUT2D eigenvalue weighted by atomic mass is 10.1. The molecule has 1 atom stereocenters. The van der Waals surface area contributed by atoms with Gasteiger partial charge in [-0.3, -0.25) is 0 Å². The molecule has 0 fully saturated rings. The minimum atomic E-state index is -1.03. The zero-order valence-corrected chi connectivity index (χ0v) is 13.4. The molecule has 5 nitrogen and oxygen atoms in total. The number of carboxylic acid groups (broad SMARTS) is 1. The molecule has 0 spiro atoms. The van der Waals surface area contributed by atoms with Crippen molar-refractivity contribution in [3.63, 3.8) is 0 Å². The van der Waals surface area contributed by atoms with Gasteiger partial charge in [0.1, 0.15) is 0 Å². The van der Waals surface area contributed by atoms with E-state index < -0.39 is 5.97 Å². The van der Waals surface area contributed by atoms with Crippen LogP contribution in [0.1, 0.15) is 30.6 Å². The van der Waals surface area contributed by atoms with E-state index in [2.05, 4.69) is 35.1 Å². The van der Waals surface area contributed by atoms with Gasteiger partial charge in [0.25, 0.3) is 0 Å². The number of carboxylic acids is 1. The zero-order chi connectivity index (χ0) is 15.3. The smallest absolute Gasteiger partial charge is 0.335 e. The predicted octanol–water partition coefficient (Wildman–Crippen LogP) is 3.66. The van der Waals surface area contributed by atoms with Gasteiger partial charge in [0.15, 0.2) is 0 Å². The summed E-state index contributed by atoms with van der Waals surface area (Å²) in [6.07, 6.45) is 0.996. The molecule has 6 heteroatoms. The quantitative estimate of drug-likeness (QED) is 0.857. The van der Waals surface area contributed by atoms with E-state index in [1.165, 1.54) is 12.1 Å². The molecule has 1 rings (SSSR count). The van der Waals surface area contributed by atoms with Crippen LogP contribution in [0, 0.1) is 5.92 Å². The Hall–Kier alpha value is -1.56. The van der Waals surface area contributed by atoms with Crippen molar-refractivity contribution < 1.29 is 14.7 Å². The zero-order valence-electron chi connectivity index (χ0n) is 11.8. The van der Waals surface area contributed by atoms with Crippen LogP contribution in [0.25, 0.3) is 0 Å². The van der Waals surface area contributed by atoms with Crippen molar-refractivity contribution in [1.82, 2.24) is 4.90 Å². The molecule has 110 valence electrons. The minimum Gasteiger partial charge on any atom is -0.478 e. The Kier molecular flexibility index (Phi) is 6.01. The number of aromatic carboxylic acids is 1. The van der Waals surface area contributed by atoms with Crippen LogP contribution in [0.2, 0.25) is 0 Å². The molecule has 1 aromatic carbocycles. The first-order valence-corrected chi connectivity index (χ1v) is 7.19. The fourth-order valence-electron chi connectivity index (χ4n) is 1.64. The lowest BCUT2D eigenvalue weighted by Crippen LogP contribution is -2.34. The van der Waals surface area contributed by atoms with Gasteiger partial charge in [-0.05, 0) is 40.0 Å². The van der Waals surface area contributed by atoms with Crippen molar-refractivity contribution in [2.45, 2.75) is 20.3 Å². The number of carbonyl (C=O) groups is 2. The highest BCUT2D eigenvalue weighted by atomic mass is 79.9. The summed E-state index contributed by atoms with van der Waals surface area (Å²) in [6.45, 7) is 4.80. The Morgan fingerprint density at radius 2 is 2.10 bits per heavy atom. The maximum Gasteiger partial charge on any atom is 0.335 e. The van der Waals surface area contributed by atoms with Crippen molar-refractivity contribution >= 4 is 33.6 Å². The Bertz CT molecular complexity index is 505. The van der Waals surface area contributed by atoms with Gasteiger partial charge in [-0.1, -0.05) is 20.3 Å². The number of urea groups is 1. The summed E-state index contributed by atoms with van der Waals surface area (Å²) in [4.78, 5) is 24.6. The summed E-state index contributed by atoms with van der Waals surface area (Å²) < 4.78 is 0.646. The lowest BCUT2D eigenvalue weighted by molar-refractivity contribution is 0.0697. The molecule has 0 aliphatic carbocycles. The predicted molar refractivity (Wildman–Crippen MR) is 82.2 cm³/mol. The molecule has 0 aliphatic heterocycles. The maximum absolute atomic E-state index is 12.0. The Morgan fingerprint density at radius 3 is 2.65 bits per heavy atom. The highest BCUT2D eigenvalue weighted by Crippen LogP contribution is 2.24. The molecule has 0 heterocycles. The van der Waals surface area contributed by atoms with Crippen LogP contribution >= 0.6 is 15.9 Å². The summed E-state index contributed by atoms with van der Waals surface area (Å²) in [6, 6.07) is 4.26. The molecular weight excluding hydrogens is 324 g/mol. The number of halogens is 1. The molecule has 1 unspecified atom stereocenters.